The lowest BCUT2D eigenvalue weighted by atomic mass is 9.53. The van der Waals surface area contributed by atoms with Crippen molar-refractivity contribution in [2.75, 3.05) is 13.6 Å². The molecule has 2 aromatic rings. The van der Waals surface area contributed by atoms with E-state index in [4.69, 9.17) is 6.58 Å². The first kappa shape index (κ1) is 20.6. The molecule has 3 unspecified atom stereocenters. The van der Waals surface area contributed by atoms with Crippen molar-refractivity contribution >= 4 is 17.0 Å². The largest absolute Gasteiger partial charge is 0.368 e. The zero-order valence-electron chi connectivity index (χ0n) is 20.8. The summed E-state index contributed by atoms with van der Waals surface area (Å²) < 4.78 is 0. The molecule has 0 saturated carbocycles. The maximum absolute atomic E-state index is 4.76. The molecule has 6 rings (SSSR count). The van der Waals surface area contributed by atoms with Gasteiger partial charge in [0, 0.05) is 39.8 Å². The van der Waals surface area contributed by atoms with Crippen LogP contribution in [0.1, 0.15) is 76.3 Å². The minimum absolute atomic E-state index is 0.0424. The van der Waals surface area contributed by atoms with Crippen molar-refractivity contribution in [2.24, 2.45) is 11.3 Å². The highest BCUT2D eigenvalue weighted by Gasteiger charge is 2.61. The molecule has 0 bridgehead atoms. The number of aromatic amines is 1. The highest BCUT2D eigenvalue weighted by atomic mass is 15.3. The van der Waals surface area contributed by atoms with Crippen LogP contribution >= 0.6 is 0 Å². The van der Waals surface area contributed by atoms with Gasteiger partial charge in [-0.05, 0) is 68.5 Å². The number of nitrogens with zero attached hydrogens (tertiary/aromatic N) is 1. The Hall–Kier alpha value is -2.00. The van der Waals surface area contributed by atoms with E-state index in [1.807, 2.05) is 0 Å². The Labute approximate surface area is 193 Å². The van der Waals surface area contributed by atoms with E-state index < -0.39 is 0 Å². The van der Waals surface area contributed by atoms with Gasteiger partial charge in [0.05, 0.1) is 11.1 Å². The first-order valence-electron chi connectivity index (χ1n) is 12.5. The van der Waals surface area contributed by atoms with Crippen LogP contribution in [-0.2, 0) is 18.3 Å². The highest BCUT2D eigenvalue weighted by Crippen LogP contribution is 2.59. The first-order chi connectivity index (χ1) is 15.0. The maximum Gasteiger partial charge on any atom is 0.0656 e. The molecule has 2 fully saturated rings. The second kappa shape index (κ2) is 6.11. The Morgan fingerprint density at radius 3 is 2.66 bits per heavy atom. The fourth-order valence-electron chi connectivity index (χ4n) is 8.03. The minimum atomic E-state index is -0.0802. The standard InChI is InChI=1S/C29H39N3/c1-18-29(30-7)16-22-21-10-9-19-15-26(2,3)13-11-20(19)24(21)31-25(22)27(4,5)23(29)17-28(6)12-8-14-32(18)28/h9-11,13,23,30-31H,1,8,12,14-17H2,2-7H3. The summed E-state index contributed by atoms with van der Waals surface area (Å²) in [4.78, 5) is 6.66. The van der Waals surface area contributed by atoms with Crippen LogP contribution in [0.3, 0.4) is 0 Å². The van der Waals surface area contributed by atoms with Gasteiger partial charge in [-0.2, -0.15) is 0 Å². The average molecular weight is 430 g/mol. The lowest BCUT2D eigenvalue weighted by Crippen LogP contribution is -2.69. The van der Waals surface area contributed by atoms with Crippen LogP contribution < -0.4 is 5.32 Å². The number of rotatable bonds is 1. The number of fused-ring (bicyclic) bond motifs is 7. The van der Waals surface area contributed by atoms with E-state index in [0.29, 0.717) is 5.92 Å². The molecule has 1 aromatic carbocycles. The van der Waals surface area contributed by atoms with Crippen LogP contribution in [0.4, 0.5) is 0 Å². The topological polar surface area (TPSA) is 31.1 Å². The molecule has 2 aliphatic carbocycles. The van der Waals surface area contributed by atoms with Crippen LogP contribution in [0.25, 0.3) is 17.0 Å². The molecule has 0 spiro atoms. The number of likely N-dealkylation sites (N-methyl/N-ethyl adjacent to an activating group) is 1. The van der Waals surface area contributed by atoms with Gasteiger partial charge in [-0.1, -0.05) is 58.6 Å². The van der Waals surface area contributed by atoms with Gasteiger partial charge >= 0.3 is 0 Å². The van der Waals surface area contributed by atoms with Gasteiger partial charge in [0.1, 0.15) is 0 Å². The molecular formula is C29H39N3. The van der Waals surface area contributed by atoms with Crippen molar-refractivity contribution in [3.05, 3.63) is 52.9 Å². The van der Waals surface area contributed by atoms with Crippen molar-refractivity contribution in [1.82, 2.24) is 15.2 Å². The zero-order chi connectivity index (χ0) is 22.7. The quantitative estimate of drug-likeness (QED) is 0.587. The van der Waals surface area contributed by atoms with Gasteiger partial charge in [-0.3, -0.25) is 0 Å². The van der Waals surface area contributed by atoms with Crippen LogP contribution in [0.2, 0.25) is 0 Å². The average Bonchev–Trinajstić information content (AvgIpc) is 3.30. The summed E-state index contributed by atoms with van der Waals surface area (Å²) in [7, 11) is 2.17. The van der Waals surface area contributed by atoms with Gasteiger partial charge in [0.25, 0.3) is 0 Å². The number of benzene rings is 1. The van der Waals surface area contributed by atoms with Gasteiger partial charge in [-0.25, -0.2) is 0 Å². The number of aromatic nitrogens is 1. The van der Waals surface area contributed by atoms with Crippen LogP contribution in [0, 0.1) is 11.3 Å². The Morgan fingerprint density at radius 1 is 1.12 bits per heavy atom. The summed E-state index contributed by atoms with van der Waals surface area (Å²) in [6.07, 6.45) is 10.7. The normalized spacial score (nSPS) is 34.2. The molecule has 2 aliphatic heterocycles. The van der Waals surface area contributed by atoms with Gasteiger partial charge in [0.2, 0.25) is 0 Å². The van der Waals surface area contributed by atoms with E-state index in [0.717, 1.165) is 19.4 Å². The van der Waals surface area contributed by atoms with E-state index in [2.05, 4.69) is 81.2 Å². The summed E-state index contributed by atoms with van der Waals surface area (Å²) in [5.74, 6) is 0.512. The molecule has 3 heterocycles. The van der Waals surface area contributed by atoms with Crippen LogP contribution in [0.5, 0.6) is 0 Å². The number of nitrogens with one attached hydrogen (secondary N) is 2. The van der Waals surface area contributed by atoms with E-state index >= 15 is 0 Å². The molecule has 4 aliphatic rings. The Kier molecular flexibility index (Phi) is 3.93. The monoisotopic (exact) mass is 429 g/mol. The molecule has 3 heteroatoms. The molecule has 3 atom stereocenters. The third kappa shape index (κ3) is 2.41. The number of piperidine rings is 1. The molecule has 2 N–H and O–H groups in total. The van der Waals surface area contributed by atoms with Gasteiger partial charge in [0.15, 0.2) is 0 Å². The molecule has 3 nitrogen and oxygen atoms in total. The van der Waals surface area contributed by atoms with E-state index in [-0.39, 0.29) is 21.9 Å². The summed E-state index contributed by atoms with van der Waals surface area (Å²) in [6.45, 7) is 18.0. The second-order valence-electron chi connectivity index (χ2n) is 12.6. The molecule has 0 radical (unpaired) electrons. The molecule has 0 amide bonds. The predicted molar refractivity (Wildman–Crippen MR) is 135 cm³/mol. The summed E-state index contributed by atoms with van der Waals surface area (Å²) in [5, 5.41) is 5.26. The van der Waals surface area contributed by atoms with Crippen LogP contribution in [-0.4, -0.2) is 34.6 Å². The lowest BCUT2D eigenvalue weighted by molar-refractivity contribution is 0.00271. The Bertz CT molecular complexity index is 1180. The number of H-pyrrole nitrogens is 1. The molecule has 170 valence electrons. The van der Waals surface area contributed by atoms with Crippen molar-refractivity contribution in [3.8, 4) is 0 Å². The summed E-state index contributed by atoms with van der Waals surface area (Å²) in [5.41, 5.74) is 8.94. The van der Waals surface area contributed by atoms with Gasteiger partial charge in [-0.15, -0.1) is 0 Å². The van der Waals surface area contributed by atoms with Gasteiger partial charge < -0.3 is 15.2 Å². The summed E-state index contributed by atoms with van der Waals surface area (Å²) in [6, 6.07) is 4.78. The van der Waals surface area contributed by atoms with Crippen molar-refractivity contribution < 1.29 is 0 Å². The SMILES string of the molecule is C=C1N2CCCC2(C)CC2C1(NC)Cc1c([nH]c3c4c(ccc13)CC(C)(C)C=C4)C2(C)C. The maximum atomic E-state index is 4.76. The fraction of sp³-hybridized carbons (Fsp3) is 0.586. The molecule has 32 heavy (non-hydrogen) atoms. The molecule has 1 aromatic heterocycles. The third-order valence-corrected chi connectivity index (χ3v) is 9.81. The fourth-order valence-corrected chi connectivity index (χ4v) is 8.03. The van der Waals surface area contributed by atoms with E-state index in [9.17, 15) is 0 Å². The zero-order valence-corrected chi connectivity index (χ0v) is 20.8. The number of allylic oxidation sites excluding steroid dienone is 1. The smallest absolute Gasteiger partial charge is 0.0656 e. The van der Waals surface area contributed by atoms with E-state index in [1.54, 1.807) is 0 Å². The van der Waals surface area contributed by atoms with Crippen molar-refractivity contribution in [1.29, 1.82) is 0 Å². The first-order valence-corrected chi connectivity index (χ1v) is 12.5. The second-order valence-corrected chi connectivity index (χ2v) is 12.6. The lowest BCUT2D eigenvalue weighted by Gasteiger charge is -2.62. The summed E-state index contributed by atoms with van der Waals surface area (Å²) >= 11 is 0. The van der Waals surface area contributed by atoms with Crippen molar-refractivity contribution in [3.63, 3.8) is 0 Å². The highest BCUT2D eigenvalue weighted by molar-refractivity contribution is 5.94. The van der Waals surface area contributed by atoms with Crippen LogP contribution in [0.15, 0.2) is 30.5 Å². The molecule has 2 saturated heterocycles. The number of hydrogen-bond donors (Lipinski definition) is 2. The predicted octanol–water partition coefficient (Wildman–Crippen LogP) is 5.94. The van der Waals surface area contributed by atoms with E-state index in [1.165, 1.54) is 58.2 Å². The Balaban J connectivity index is 1.57. The molecular weight excluding hydrogens is 390 g/mol. The Morgan fingerprint density at radius 2 is 1.91 bits per heavy atom. The minimum Gasteiger partial charge on any atom is -0.368 e. The van der Waals surface area contributed by atoms with Crippen molar-refractivity contribution in [2.45, 2.75) is 83.2 Å². The third-order valence-electron chi connectivity index (χ3n) is 9.81. The number of hydrogen-bond acceptors (Lipinski definition) is 2.